The molecular formula is C17H20N2O6S. The summed E-state index contributed by atoms with van der Waals surface area (Å²) < 4.78 is 31.5. The zero-order valence-corrected chi connectivity index (χ0v) is 14.7. The van der Waals surface area contributed by atoms with Crippen LogP contribution in [0.1, 0.15) is 24.8 Å². The van der Waals surface area contributed by atoms with Crippen LogP contribution in [0.3, 0.4) is 0 Å². The van der Waals surface area contributed by atoms with Crippen LogP contribution in [0.4, 0.5) is 0 Å². The summed E-state index contributed by atoms with van der Waals surface area (Å²) in [7, 11) is -4.18. The first kappa shape index (κ1) is 18.4. The molecule has 3 rings (SSSR count). The number of hydrogen-bond acceptors (Lipinski definition) is 4. The van der Waals surface area contributed by atoms with Crippen LogP contribution in [0.25, 0.3) is 10.9 Å². The molecule has 0 saturated heterocycles. The van der Waals surface area contributed by atoms with Crippen molar-refractivity contribution in [2.75, 3.05) is 0 Å². The number of aromatic nitrogens is 1. The van der Waals surface area contributed by atoms with E-state index in [0.717, 1.165) is 16.5 Å². The second kappa shape index (κ2) is 7.08. The molecule has 1 aromatic heterocycles. The number of para-hydroxylation sites is 1. The van der Waals surface area contributed by atoms with E-state index in [1.54, 1.807) is 6.20 Å². The summed E-state index contributed by atoms with van der Waals surface area (Å²) in [6, 6.07) is 6.34. The molecule has 4 N–H and O–H groups in total. The summed E-state index contributed by atoms with van der Waals surface area (Å²) in [6.45, 7) is 0. The van der Waals surface area contributed by atoms with Crippen LogP contribution < -0.4 is 5.32 Å². The number of fused-ring (bicyclic) bond motifs is 1. The first-order valence-corrected chi connectivity index (χ1v) is 9.80. The maximum atomic E-state index is 12.4. The number of benzene rings is 1. The molecule has 8 nitrogen and oxygen atoms in total. The van der Waals surface area contributed by atoms with Crippen molar-refractivity contribution in [1.29, 1.82) is 0 Å². The minimum absolute atomic E-state index is 0.00406. The molecule has 9 heteroatoms. The lowest BCUT2D eigenvalue weighted by Crippen LogP contribution is -2.44. The Labute approximate surface area is 150 Å². The number of carbonyl (C=O) groups is 2. The third-order valence-electron chi connectivity index (χ3n) is 4.89. The molecule has 1 amide bonds. The summed E-state index contributed by atoms with van der Waals surface area (Å²) in [5.41, 5.74) is 1.65. The maximum absolute atomic E-state index is 12.4. The van der Waals surface area contributed by atoms with Gasteiger partial charge in [-0.25, -0.2) is 4.79 Å². The number of rotatable bonds is 6. The Morgan fingerprint density at radius 2 is 2.00 bits per heavy atom. The molecule has 1 aromatic carbocycles. The van der Waals surface area contributed by atoms with Crippen LogP contribution in [-0.4, -0.2) is 46.2 Å². The smallest absolute Gasteiger partial charge is 0.326 e. The average molecular weight is 380 g/mol. The SMILES string of the molecule is O=C(N[C@@H](Cc1c[nH]c2ccccc12)C(=O)O)[C@H]1CC[C@@H](S(=O)(=O)O)C1. The van der Waals surface area contributed by atoms with E-state index in [-0.39, 0.29) is 19.3 Å². The summed E-state index contributed by atoms with van der Waals surface area (Å²) >= 11 is 0. The number of amides is 1. The first-order valence-electron chi connectivity index (χ1n) is 8.30. The molecule has 0 radical (unpaired) electrons. The molecule has 0 spiro atoms. The topological polar surface area (TPSA) is 137 Å². The Morgan fingerprint density at radius 3 is 2.65 bits per heavy atom. The van der Waals surface area contributed by atoms with Gasteiger partial charge in [-0.05, 0) is 30.9 Å². The summed E-state index contributed by atoms with van der Waals surface area (Å²) in [4.78, 5) is 27.0. The Bertz CT molecular complexity index is 936. The molecule has 2 aromatic rings. The fourth-order valence-electron chi connectivity index (χ4n) is 3.46. The number of hydrogen-bond donors (Lipinski definition) is 4. The van der Waals surface area contributed by atoms with Crippen LogP contribution in [0.5, 0.6) is 0 Å². The molecule has 1 fully saturated rings. The van der Waals surface area contributed by atoms with Gasteiger partial charge in [-0.3, -0.25) is 9.35 Å². The van der Waals surface area contributed by atoms with Crippen molar-refractivity contribution < 1.29 is 27.7 Å². The van der Waals surface area contributed by atoms with Crippen molar-refractivity contribution >= 4 is 32.9 Å². The molecule has 1 heterocycles. The van der Waals surface area contributed by atoms with E-state index in [2.05, 4.69) is 10.3 Å². The van der Waals surface area contributed by atoms with Crippen molar-refractivity contribution in [3.63, 3.8) is 0 Å². The highest BCUT2D eigenvalue weighted by atomic mass is 32.2. The fourth-order valence-corrected chi connectivity index (χ4v) is 4.37. The molecule has 0 unspecified atom stereocenters. The van der Waals surface area contributed by atoms with E-state index in [4.69, 9.17) is 4.55 Å². The molecule has 0 bridgehead atoms. The van der Waals surface area contributed by atoms with E-state index in [9.17, 15) is 23.1 Å². The minimum Gasteiger partial charge on any atom is -0.480 e. The van der Waals surface area contributed by atoms with Gasteiger partial charge in [0.15, 0.2) is 0 Å². The Morgan fingerprint density at radius 1 is 1.27 bits per heavy atom. The van der Waals surface area contributed by atoms with E-state index < -0.39 is 39.2 Å². The van der Waals surface area contributed by atoms with Crippen molar-refractivity contribution in [3.8, 4) is 0 Å². The number of aromatic amines is 1. The first-order chi connectivity index (χ1) is 12.3. The van der Waals surface area contributed by atoms with Crippen molar-refractivity contribution in [3.05, 3.63) is 36.0 Å². The lowest BCUT2D eigenvalue weighted by molar-refractivity contribution is -0.142. The van der Waals surface area contributed by atoms with Crippen LogP contribution in [-0.2, 0) is 26.1 Å². The predicted octanol–water partition coefficient (Wildman–Crippen LogP) is 1.34. The second-order valence-electron chi connectivity index (χ2n) is 6.61. The number of carboxylic acids is 1. The molecule has 26 heavy (non-hydrogen) atoms. The maximum Gasteiger partial charge on any atom is 0.326 e. The van der Waals surface area contributed by atoms with Gasteiger partial charge in [0.05, 0.1) is 5.25 Å². The molecule has 1 aliphatic carbocycles. The van der Waals surface area contributed by atoms with Gasteiger partial charge in [0.2, 0.25) is 5.91 Å². The highest BCUT2D eigenvalue weighted by Gasteiger charge is 2.37. The van der Waals surface area contributed by atoms with E-state index in [1.807, 2.05) is 24.3 Å². The van der Waals surface area contributed by atoms with Crippen LogP contribution >= 0.6 is 0 Å². The number of nitrogens with one attached hydrogen (secondary N) is 2. The van der Waals surface area contributed by atoms with Crippen molar-refractivity contribution in [1.82, 2.24) is 10.3 Å². The molecule has 1 saturated carbocycles. The molecule has 3 atom stereocenters. The Hall–Kier alpha value is -2.39. The van der Waals surface area contributed by atoms with Crippen molar-refractivity contribution in [2.24, 2.45) is 5.92 Å². The fraction of sp³-hybridized carbons (Fsp3) is 0.412. The van der Waals surface area contributed by atoms with Crippen LogP contribution in [0.15, 0.2) is 30.5 Å². The van der Waals surface area contributed by atoms with Gasteiger partial charge in [-0.15, -0.1) is 0 Å². The highest BCUT2D eigenvalue weighted by molar-refractivity contribution is 7.86. The van der Waals surface area contributed by atoms with Gasteiger partial charge in [0, 0.05) is 29.4 Å². The van der Waals surface area contributed by atoms with Crippen molar-refractivity contribution in [2.45, 2.75) is 37.0 Å². The van der Waals surface area contributed by atoms with Crippen LogP contribution in [0, 0.1) is 5.92 Å². The largest absolute Gasteiger partial charge is 0.480 e. The minimum atomic E-state index is -4.18. The zero-order valence-electron chi connectivity index (χ0n) is 13.9. The standard InChI is InChI=1S/C17H20N2O6S/c20-16(10-5-6-12(7-10)26(23,24)25)19-15(17(21)22)8-11-9-18-14-4-2-1-3-13(11)14/h1-4,9-10,12,15,18H,5-8H2,(H,19,20)(H,21,22)(H,23,24,25)/t10-,12+,15-/m0/s1. The van der Waals surface area contributed by atoms with Gasteiger partial charge in [-0.1, -0.05) is 18.2 Å². The molecule has 140 valence electrons. The van der Waals surface area contributed by atoms with Gasteiger partial charge < -0.3 is 15.4 Å². The number of H-pyrrole nitrogens is 1. The van der Waals surface area contributed by atoms with Crippen LogP contribution in [0.2, 0.25) is 0 Å². The summed E-state index contributed by atoms with van der Waals surface area (Å²) in [6.07, 6.45) is 2.33. The molecular weight excluding hydrogens is 360 g/mol. The third-order valence-corrected chi connectivity index (χ3v) is 6.16. The number of carbonyl (C=O) groups excluding carboxylic acids is 1. The summed E-state index contributed by atoms with van der Waals surface area (Å²) in [5, 5.41) is 11.9. The Balaban J connectivity index is 1.69. The monoisotopic (exact) mass is 380 g/mol. The molecule has 1 aliphatic rings. The predicted molar refractivity (Wildman–Crippen MR) is 94.2 cm³/mol. The van der Waals surface area contributed by atoms with E-state index in [0.29, 0.717) is 6.42 Å². The van der Waals surface area contributed by atoms with Gasteiger partial charge >= 0.3 is 5.97 Å². The Kier molecular flexibility index (Phi) is 5.01. The number of aliphatic carboxylic acids is 1. The van der Waals surface area contributed by atoms with E-state index >= 15 is 0 Å². The van der Waals surface area contributed by atoms with E-state index in [1.165, 1.54) is 0 Å². The second-order valence-corrected chi connectivity index (χ2v) is 8.31. The lowest BCUT2D eigenvalue weighted by atomic mass is 10.0. The normalized spacial score (nSPS) is 21.6. The van der Waals surface area contributed by atoms with Gasteiger partial charge in [0.25, 0.3) is 10.1 Å². The van der Waals surface area contributed by atoms with Gasteiger partial charge in [-0.2, -0.15) is 8.42 Å². The third kappa shape index (κ3) is 3.88. The number of carboxylic acid groups (broad SMARTS) is 1. The van der Waals surface area contributed by atoms with Gasteiger partial charge in [0.1, 0.15) is 6.04 Å². The highest BCUT2D eigenvalue weighted by Crippen LogP contribution is 2.30. The molecule has 0 aliphatic heterocycles. The summed E-state index contributed by atoms with van der Waals surface area (Å²) in [5.74, 6) is -2.27. The lowest BCUT2D eigenvalue weighted by Gasteiger charge is -2.17. The quantitative estimate of drug-likeness (QED) is 0.558. The zero-order chi connectivity index (χ0) is 18.9. The average Bonchev–Trinajstić information content (AvgIpc) is 3.21.